The second-order valence-corrected chi connectivity index (χ2v) is 7.03. The Hall–Kier alpha value is -2.40. The molecule has 140 valence electrons. The Bertz CT molecular complexity index is 668. The van der Waals surface area contributed by atoms with Crippen molar-refractivity contribution in [2.75, 3.05) is 32.1 Å². The van der Waals surface area contributed by atoms with Gasteiger partial charge in [0, 0.05) is 25.3 Å². The van der Waals surface area contributed by atoms with Gasteiger partial charge >= 0.3 is 0 Å². The highest BCUT2D eigenvalue weighted by molar-refractivity contribution is 5.94. The Morgan fingerprint density at radius 2 is 1.85 bits per heavy atom. The van der Waals surface area contributed by atoms with Gasteiger partial charge in [0.05, 0.1) is 5.56 Å². The van der Waals surface area contributed by atoms with E-state index < -0.39 is 0 Å². The minimum Gasteiger partial charge on any atom is -0.352 e. The molecule has 5 heteroatoms. The van der Waals surface area contributed by atoms with Crippen molar-refractivity contribution < 1.29 is 4.79 Å². The molecular weight excluding hydrogens is 324 g/mol. The molecule has 0 atom stereocenters. The molecule has 26 heavy (non-hydrogen) atoms. The number of carbonyl (C=O) groups is 1. The summed E-state index contributed by atoms with van der Waals surface area (Å²) < 4.78 is 0. The number of anilines is 1. The molecule has 0 fully saturated rings. The van der Waals surface area contributed by atoms with Crippen LogP contribution in [0.15, 0.2) is 48.7 Å². The predicted octanol–water partition coefficient (Wildman–Crippen LogP) is 3.18. The lowest BCUT2D eigenvalue weighted by molar-refractivity contribution is 0.0952. The summed E-state index contributed by atoms with van der Waals surface area (Å²) in [6, 6.07) is 14.4. The molecule has 0 aliphatic heterocycles. The first kappa shape index (κ1) is 19.9. The molecule has 0 spiro atoms. The highest BCUT2D eigenvalue weighted by atomic mass is 16.1. The lowest BCUT2D eigenvalue weighted by Gasteiger charge is -2.28. The van der Waals surface area contributed by atoms with E-state index in [9.17, 15) is 4.79 Å². The molecule has 2 rings (SSSR count). The maximum atomic E-state index is 12.2. The van der Waals surface area contributed by atoms with Crippen LogP contribution in [0.1, 0.15) is 36.2 Å². The SMILES string of the molecule is CC(C)N(Cc1ccccc1)c1ccc(C(=O)NCCCN(C)C)cn1. The molecule has 5 nitrogen and oxygen atoms in total. The molecule has 0 bridgehead atoms. The van der Waals surface area contributed by atoms with E-state index in [-0.39, 0.29) is 5.91 Å². The van der Waals surface area contributed by atoms with E-state index in [1.165, 1.54) is 5.56 Å². The first-order valence-electron chi connectivity index (χ1n) is 9.17. The second kappa shape index (κ2) is 9.92. The molecular formula is C21H30N4O. The van der Waals surface area contributed by atoms with E-state index in [1.807, 2.05) is 44.4 Å². The molecule has 0 saturated heterocycles. The average Bonchev–Trinajstić information content (AvgIpc) is 2.64. The van der Waals surface area contributed by atoms with E-state index in [4.69, 9.17) is 0 Å². The molecule has 1 aromatic carbocycles. The van der Waals surface area contributed by atoms with Crippen molar-refractivity contribution in [1.82, 2.24) is 15.2 Å². The van der Waals surface area contributed by atoms with Crippen molar-refractivity contribution in [3.8, 4) is 0 Å². The van der Waals surface area contributed by atoms with Gasteiger partial charge in [0.15, 0.2) is 0 Å². The van der Waals surface area contributed by atoms with Crippen molar-refractivity contribution in [3.05, 3.63) is 59.8 Å². The summed E-state index contributed by atoms with van der Waals surface area (Å²) in [7, 11) is 4.06. The zero-order chi connectivity index (χ0) is 18.9. The third-order valence-electron chi connectivity index (χ3n) is 4.19. The van der Waals surface area contributed by atoms with Crippen LogP contribution in [0.5, 0.6) is 0 Å². The van der Waals surface area contributed by atoms with E-state index in [1.54, 1.807) is 6.20 Å². The van der Waals surface area contributed by atoms with Gasteiger partial charge in [0.1, 0.15) is 5.82 Å². The summed E-state index contributed by atoms with van der Waals surface area (Å²) in [4.78, 5) is 21.1. The van der Waals surface area contributed by atoms with E-state index >= 15 is 0 Å². The monoisotopic (exact) mass is 354 g/mol. The fourth-order valence-corrected chi connectivity index (χ4v) is 2.70. The van der Waals surface area contributed by atoms with Gasteiger partial charge in [0.25, 0.3) is 5.91 Å². The zero-order valence-corrected chi connectivity index (χ0v) is 16.3. The quantitative estimate of drug-likeness (QED) is 0.703. The molecule has 0 saturated carbocycles. The van der Waals surface area contributed by atoms with E-state index in [0.29, 0.717) is 18.2 Å². The van der Waals surface area contributed by atoms with Crippen LogP contribution in [0.25, 0.3) is 0 Å². The number of carbonyl (C=O) groups excluding carboxylic acids is 1. The Labute approximate surface area is 157 Å². The number of aromatic nitrogens is 1. The summed E-state index contributed by atoms with van der Waals surface area (Å²) in [5, 5.41) is 2.95. The van der Waals surface area contributed by atoms with E-state index in [0.717, 1.165) is 25.3 Å². The van der Waals surface area contributed by atoms with Crippen LogP contribution < -0.4 is 10.2 Å². The number of hydrogen-bond acceptors (Lipinski definition) is 4. The number of amides is 1. The number of rotatable bonds is 9. The molecule has 1 heterocycles. The molecule has 0 radical (unpaired) electrons. The smallest absolute Gasteiger partial charge is 0.252 e. The topological polar surface area (TPSA) is 48.5 Å². The fourth-order valence-electron chi connectivity index (χ4n) is 2.70. The highest BCUT2D eigenvalue weighted by Gasteiger charge is 2.14. The van der Waals surface area contributed by atoms with Crippen LogP contribution in [-0.4, -0.2) is 49.0 Å². The Kier molecular flexibility index (Phi) is 7.60. The third kappa shape index (κ3) is 6.15. The minimum atomic E-state index is -0.0676. The van der Waals surface area contributed by atoms with Crippen LogP contribution in [0.4, 0.5) is 5.82 Å². The predicted molar refractivity (Wildman–Crippen MR) is 108 cm³/mol. The van der Waals surface area contributed by atoms with Crippen molar-refractivity contribution in [1.29, 1.82) is 0 Å². The number of nitrogens with zero attached hydrogens (tertiary/aromatic N) is 3. The summed E-state index contributed by atoms with van der Waals surface area (Å²) in [5.74, 6) is 0.815. The van der Waals surface area contributed by atoms with Gasteiger partial charge in [-0.3, -0.25) is 4.79 Å². The largest absolute Gasteiger partial charge is 0.352 e. The fraction of sp³-hybridized carbons (Fsp3) is 0.429. The molecule has 1 N–H and O–H groups in total. The van der Waals surface area contributed by atoms with Gasteiger partial charge in [0.2, 0.25) is 0 Å². The van der Waals surface area contributed by atoms with Gasteiger partial charge in [-0.1, -0.05) is 30.3 Å². The number of hydrogen-bond donors (Lipinski definition) is 1. The summed E-state index contributed by atoms with van der Waals surface area (Å²) in [6.45, 7) is 6.72. The minimum absolute atomic E-state index is 0.0676. The lowest BCUT2D eigenvalue weighted by atomic mass is 10.2. The molecule has 0 aliphatic carbocycles. The van der Waals surface area contributed by atoms with Gasteiger partial charge < -0.3 is 15.1 Å². The molecule has 2 aromatic rings. The molecule has 0 unspecified atom stereocenters. The highest BCUT2D eigenvalue weighted by Crippen LogP contribution is 2.18. The normalized spacial score (nSPS) is 11.0. The number of nitrogens with one attached hydrogen (secondary N) is 1. The van der Waals surface area contributed by atoms with Crippen LogP contribution in [0.2, 0.25) is 0 Å². The van der Waals surface area contributed by atoms with Crippen molar-refractivity contribution in [2.45, 2.75) is 32.9 Å². The zero-order valence-electron chi connectivity index (χ0n) is 16.3. The lowest BCUT2D eigenvalue weighted by Crippen LogP contribution is -2.31. The van der Waals surface area contributed by atoms with Crippen LogP contribution in [-0.2, 0) is 6.54 Å². The Balaban J connectivity index is 1.98. The number of benzene rings is 1. The molecule has 1 amide bonds. The molecule has 0 aliphatic rings. The van der Waals surface area contributed by atoms with Crippen LogP contribution in [0, 0.1) is 0 Å². The maximum absolute atomic E-state index is 12.2. The summed E-state index contributed by atoms with van der Waals surface area (Å²) >= 11 is 0. The summed E-state index contributed by atoms with van der Waals surface area (Å²) in [5.41, 5.74) is 1.84. The standard InChI is InChI=1S/C21H30N4O/c1-17(2)25(16-18-9-6-5-7-10-18)20-12-11-19(15-23-20)21(26)22-13-8-14-24(3)4/h5-7,9-12,15,17H,8,13-14,16H2,1-4H3,(H,22,26). The second-order valence-electron chi connectivity index (χ2n) is 7.03. The summed E-state index contributed by atoms with van der Waals surface area (Å²) in [6.07, 6.45) is 2.60. The van der Waals surface area contributed by atoms with Gasteiger partial charge in [-0.2, -0.15) is 0 Å². The van der Waals surface area contributed by atoms with Crippen molar-refractivity contribution >= 4 is 11.7 Å². The van der Waals surface area contributed by atoms with Crippen molar-refractivity contribution in [2.24, 2.45) is 0 Å². The first-order chi connectivity index (χ1) is 12.5. The van der Waals surface area contributed by atoms with Gasteiger partial charge in [-0.25, -0.2) is 4.98 Å². The van der Waals surface area contributed by atoms with E-state index in [2.05, 4.69) is 46.1 Å². The Morgan fingerprint density at radius 1 is 1.12 bits per heavy atom. The Morgan fingerprint density at radius 3 is 2.42 bits per heavy atom. The number of pyridine rings is 1. The molecule has 1 aromatic heterocycles. The van der Waals surface area contributed by atoms with Gasteiger partial charge in [-0.05, 0) is 58.6 Å². The third-order valence-corrected chi connectivity index (χ3v) is 4.19. The van der Waals surface area contributed by atoms with Gasteiger partial charge in [-0.15, -0.1) is 0 Å². The van der Waals surface area contributed by atoms with Crippen LogP contribution in [0.3, 0.4) is 0 Å². The first-order valence-corrected chi connectivity index (χ1v) is 9.17. The average molecular weight is 354 g/mol. The van der Waals surface area contributed by atoms with Crippen molar-refractivity contribution in [3.63, 3.8) is 0 Å². The van der Waals surface area contributed by atoms with Crippen LogP contribution >= 0.6 is 0 Å². The maximum Gasteiger partial charge on any atom is 0.252 e.